The standard InChI is InChI=1S/C19H30N4O4/c1-3-15-12-17(27-20-15)19(26)23-7-6-16(14(13-23)4-5-18(24)25)22-10-8-21(2)9-11-22/h12,14,16H,3-11,13H2,1-2H3,(H,24,25)/t14-,16+/m1/s1. The number of aryl methyl sites for hydroxylation is 1. The van der Waals surface area contributed by atoms with Crippen LogP contribution in [0, 0.1) is 5.92 Å². The minimum atomic E-state index is -0.779. The van der Waals surface area contributed by atoms with Crippen molar-refractivity contribution in [1.29, 1.82) is 0 Å². The van der Waals surface area contributed by atoms with Gasteiger partial charge in [0, 0.05) is 57.8 Å². The number of piperidine rings is 1. The predicted octanol–water partition coefficient (Wildman–Crippen LogP) is 1.18. The van der Waals surface area contributed by atoms with Crippen molar-refractivity contribution in [2.24, 2.45) is 5.92 Å². The minimum absolute atomic E-state index is 0.138. The molecule has 2 aliphatic heterocycles. The summed E-state index contributed by atoms with van der Waals surface area (Å²) in [5, 5.41) is 13.0. The van der Waals surface area contributed by atoms with Crippen LogP contribution >= 0.6 is 0 Å². The number of hydrogen-bond acceptors (Lipinski definition) is 6. The Bertz CT molecular complexity index is 654. The molecule has 1 aromatic heterocycles. The number of amides is 1. The number of likely N-dealkylation sites (tertiary alicyclic amines) is 1. The maximum atomic E-state index is 12.8. The van der Waals surface area contributed by atoms with E-state index in [1.807, 2.05) is 6.92 Å². The van der Waals surface area contributed by atoms with Gasteiger partial charge in [0.25, 0.3) is 5.91 Å². The second-order valence-corrected chi connectivity index (χ2v) is 7.67. The van der Waals surface area contributed by atoms with Crippen molar-refractivity contribution in [3.8, 4) is 0 Å². The molecule has 8 heteroatoms. The highest BCUT2D eigenvalue weighted by Gasteiger charge is 2.36. The molecule has 0 bridgehead atoms. The van der Waals surface area contributed by atoms with Crippen LogP contribution in [0.3, 0.4) is 0 Å². The molecule has 27 heavy (non-hydrogen) atoms. The number of hydrogen-bond donors (Lipinski definition) is 1. The van der Waals surface area contributed by atoms with Gasteiger partial charge in [-0.05, 0) is 32.2 Å². The Morgan fingerprint density at radius 2 is 2.00 bits per heavy atom. The van der Waals surface area contributed by atoms with Crippen LogP contribution in [0.25, 0.3) is 0 Å². The topological polar surface area (TPSA) is 90.1 Å². The van der Waals surface area contributed by atoms with Crippen molar-refractivity contribution >= 4 is 11.9 Å². The van der Waals surface area contributed by atoms with Gasteiger partial charge in [0.2, 0.25) is 5.76 Å². The third-order valence-electron chi connectivity index (χ3n) is 5.85. The number of carbonyl (C=O) groups excluding carboxylic acids is 1. The van der Waals surface area contributed by atoms with Crippen LogP contribution in [0.4, 0.5) is 0 Å². The molecule has 0 saturated carbocycles. The number of rotatable bonds is 6. The van der Waals surface area contributed by atoms with Crippen LogP contribution < -0.4 is 0 Å². The highest BCUT2D eigenvalue weighted by molar-refractivity contribution is 5.91. The second-order valence-electron chi connectivity index (χ2n) is 7.67. The number of aromatic nitrogens is 1. The summed E-state index contributed by atoms with van der Waals surface area (Å²) in [5.41, 5.74) is 0.771. The lowest BCUT2D eigenvalue weighted by Gasteiger charge is -2.46. The quantitative estimate of drug-likeness (QED) is 0.795. The molecule has 3 heterocycles. The van der Waals surface area contributed by atoms with Gasteiger partial charge in [-0.1, -0.05) is 12.1 Å². The average Bonchev–Trinajstić information content (AvgIpc) is 3.15. The van der Waals surface area contributed by atoms with Crippen LogP contribution in [0.1, 0.15) is 42.4 Å². The monoisotopic (exact) mass is 378 g/mol. The molecule has 2 saturated heterocycles. The van der Waals surface area contributed by atoms with Crippen molar-refractivity contribution in [3.63, 3.8) is 0 Å². The summed E-state index contributed by atoms with van der Waals surface area (Å²) in [5.74, 6) is -0.476. The lowest BCUT2D eigenvalue weighted by atomic mass is 9.86. The number of carbonyl (C=O) groups is 2. The number of aliphatic carboxylic acids is 1. The van der Waals surface area contributed by atoms with Crippen molar-refractivity contribution < 1.29 is 19.2 Å². The molecule has 0 aromatic carbocycles. The molecule has 1 aromatic rings. The van der Waals surface area contributed by atoms with Crippen molar-refractivity contribution in [1.82, 2.24) is 19.9 Å². The van der Waals surface area contributed by atoms with Gasteiger partial charge in [-0.2, -0.15) is 0 Å². The molecule has 150 valence electrons. The Hall–Kier alpha value is -1.93. The normalized spacial score (nSPS) is 24.9. The number of nitrogens with zero attached hydrogens (tertiary/aromatic N) is 4. The van der Waals surface area contributed by atoms with Gasteiger partial charge in [0.1, 0.15) is 0 Å². The smallest absolute Gasteiger partial charge is 0.303 e. The van der Waals surface area contributed by atoms with Gasteiger partial charge in [-0.15, -0.1) is 0 Å². The van der Waals surface area contributed by atoms with E-state index in [2.05, 4.69) is 22.0 Å². The van der Waals surface area contributed by atoms with Crippen molar-refractivity contribution in [3.05, 3.63) is 17.5 Å². The zero-order chi connectivity index (χ0) is 19.4. The fourth-order valence-corrected chi connectivity index (χ4v) is 4.17. The molecular weight excluding hydrogens is 348 g/mol. The van der Waals surface area contributed by atoms with Gasteiger partial charge in [0.15, 0.2) is 0 Å². The number of likely N-dealkylation sites (N-methyl/N-ethyl adjacent to an activating group) is 1. The lowest BCUT2D eigenvalue weighted by Crippen LogP contribution is -2.57. The van der Waals surface area contributed by atoms with Crippen molar-refractivity contribution in [2.75, 3.05) is 46.3 Å². The number of carboxylic acids is 1. The number of piperazine rings is 1. The van der Waals surface area contributed by atoms with E-state index in [0.29, 0.717) is 25.6 Å². The Kier molecular flexibility index (Phi) is 6.49. The summed E-state index contributed by atoms with van der Waals surface area (Å²) < 4.78 is 5.21. The van der Waals surface area contributed by atoms with Crippen LogP contribution in [-0.2, 0) is 11.2 Å². The van der Waals surface area contributed by atoms with Gasteiger partial charge >= 0.3 is 5.97 Å². The first-order valence-electron chi connectivity index (χ1n) is 9.87. The molecule has 0 radical (unpaired) electrons. The van der Waals surface area contributed by atoms with E-state index in [4.69, 9.17) is 9.63 Å². The third kappa shape index (κ3) is 4.87. The van der Waals surface area contributed by atoms with E-state index in [1.165, 1.54) is 0 Å². The fraction of sp³-hybridized carbons (Fsp3) is 0.737. The molecule has 3 rings (SSSR count). The molecule has 1 N–H and O–H groups in total. The molecule has 1 amide bonds. The van der Waals surface area contributed by atoms with Gasteiger partial charge < -0.3 is 19.4 Å². The molecule has 0 aliphatic carbocycles. The molecular formula is C19H30N4O4. The van der Waals surface area contributed by atoms with E-state index in [9.17, 15) is 9.59 Å². The summed E-state index contributed by atoms with van der Waals surface area (Å²) in [6, 6.07) is 2.05. The summed E-state index contributed by atoms with van der Waals surface area (Å²) in [6.07, 6.45) is 2.32. The van der Waals surface area contributed by atoms with Crippen molar-refractivity contribution in [2.45, 2.75) is 38.6 Å². The molecule has 8 nitrogen and oxygen atoms in total. The first-order chi connectivity index (χ1) is 13.0. The average molecular weight is 378 g/mol. The van der Waals surface area contributed by atoms with Crippen LogP contribution in [0.15, 0.2) is 10.6 Å². The predicted molar refractivity (Wildman–Crippen MR) is 99.6 cm³/mol. The number of carboxylic acid groups (broad SMARTS) is 1. The summed E-state index contributed by atoms with van der Waals surface area (Å²) in [6.45, 7) is 7.27. The molecule has 0 spiro atoms. The van der Waals surface area contributed by atoms with Gasteiger partial charge in [0.05, 0.1) is 5.69 Å². The zero-order valence-electron chi connectivity index (χ0n) is 16.3. The third-order valence-corrected chi connectivity index (χ3v) is 5.85. The van der Waals surface area contributed by atoms with Crippen LogP contribution in [-0.4, -0.2) is 89.2 Å². The van der Waals surface area contributed by atoms with E-state index in [0.717, 1.165) is 44.7 Å². The summed E-state index contributed by atoms with van der Waals surface area (Å²) >= 11 is 0. The molecule has 2 fully saturated rings. The summed E-state index contributed by atoms with van der Waals surface area (Å²) in [4.78, 5) is 30.5. The highest BCUT2D eigenvalue weighted by Crippen LogP contribution is 2.28. The Balaban J connectivity index is 1.68. The first kappa shape index (κ1) is 19.8. The lowest BCUT2D eigenvalue weighted by molar-refractivity contribution is -0.137. The van der Waals surface area contributed by atoms with Crippen LogP contribution in [0.5, 0.6) is 0 Å². The molecule has 2 atom stereocenters. The fourth-order valence-electron chi connectivity index (χ4n) is 4.17. The molecule has 2 aliphatic rings. The molecule has 0 unspecified atom stereocenters. The largest absolute Gasteiger partial charge is 0.481 e. The van der Waals surface area contributed by atoms with E-state index < -0.39 is 5.97 Å². The SMILES string of the molecule is CCc1cc(C(=O)N2CC[C@H](N3CCN(C)CC3)[C@H](CCC(=O)O)C2)on1. The van der Waals surface area contributed by atoms with E-state index in [-0.39, 0.29) is 24.0 Å². The minimum Gasteiger partial charge on any atom is -0.481 e. The summed E-state index contributed by atoms with van der Waals surface area (Å²) in [7, 11) is 2.13. The maximum Gasteiger partial charge on any atom is 0.303 e. The Morgan fingerprint density at radius 3 is 2.63 bits per heavy atom. The Morgan fingerprint density at radius 1 is 1.26 bits per heavy atom. The first-order valence-corrected chi connectivity index (χ1v) is 9.87. The zero-order valence-corrected chi connectivity index (χ0v) is 16.3. The highest BCUT2D eigenvalue weighted by atomic mass is 16.5. The van der Waals surface area contributed by atoms with Crippen LogP contribution in [0.2, 0.25) is 0 Å². The maximum absolute atomic E-state index is 12.8. The Labute approximate surface area is 160 Å². The van der Waals surface area contributed by atoms with Gasteiger partial charge in [-0.25, -0.2) is 0 Å². The second kappa shape index (κ2) is 8.84. The van der Waals surface area contributed by atoms with E-state index >= 15 is 0 Å². The van der Waals surface area contributed by atoms with E-state index in [1.54, 1.807) is 11.0 Å². The van der Waals surface area contributed by atoms with Gasteiger partial charge in [-0.3, -0.25) is 14.5 Å².